The van der Waals surface area contributed by atoms with Crippen molar-refractivity contribution in [2.24, 2.45) is 23.7 Å². The van der Waals surface area contributed by atoms with Crippen molar-refractivity contribution in [2.45, 2.75) is 395 Å². The third-order valence-corrected chi connectivity index (χ3v) is 19.9. The molecule has 94 heavy (non-hydrogen) atoms. The standard InChI is InChI=1S/C75H146O17P2/c1-9-67(7)53-45-37-29-21-15-13-11-12-14-16-24-32-41-49-57-74(79)91-71(62-86-73(78)56-48-40-34-26-28-36-44-52-66(5)6)64-90-94(83,84)88-60-69(76)59-87-93(81,82)89-63-70(92-75(80)58-50-42-33-25-19-20-27-35-43-51-65(3)4)61-85-72(77)55-47-39-31-23-18-17-22-30-38-46-54-68(8)10-2/h65-71,76H,9-64H2,1-8H3,(H,81,82)(H,83,84)/t67?,68?,69?,70-,71-/m1/s1. The zero-order valence-electron chi connectivity index (χ0n) is 61.6. The normalized spacial score (nSPS) is 14.7. The Labute approximate surface area is 575 Å². The summed E-state index contributed by atoms with van der Waals surface area (Å²) in [5, 5.41) is 10.6. The molecule has 0 aliphatic heterocycles. The van der Waals surface area contributed by atoms with E-state index in [-0.39, 0.29) is 25.7 Å². The molecule has 7 atom stereocenters. The molecule has 17 nitrogen and oxygen atoms in total. The van der Waals surface area contributed by atoms with Gasteiger partial charge in [-0.1, -0.05) is 325 Å². The first kappa shape index (κ1) is 92.1. The molecule has 0 aromatic rings. The van der Waals surface area contributed by atoms with Crippen molar-refractivity contribution in [1.29, 1.82) is 0 Å². The summed E-state index contributed by atoms with van der Waals surface area (Å²) in [7, 11) is -9.91. The minimum atomic E-state index is -4.96. The van der Waals surface area contributed by atoms with E-state index in [4.69, 9.17) is 37.0 Å². The molecule has 19 heteroatoms. The molecular formula is C75H146O17P2. The molecule has 0 aliphatic rings. The van der Waals surface area contributed by atoms with Crippen molar-refractivity contribution < 1.29 is 80.2 Å². The minimum Gasteiger partial charge on any atom is -0.462 e. The number of carbonyl (C=O) groups is 4. The van der Waals surface area contributed by atoms with E-state index in [0.29, 0.717) is 31.6 Å². The average molecular weight is 1380 g/mol. The van der Waals surface area contributed by atoms with Crippen LogP contribution in [0.4, 0.5) is 0 Å². The SMILES string of the molecule is CCC(C)CCCCCCCCCCCCCCCCC(=O)O[C@H](COC(=O)CCCCCCCCCC(C)C)COP(=O)(O)OCC(O)COP(=O)(O)OC[C@@H](COC(=O)CCCCCCCCCCCCC(C)CC)OC(=O)CCCCCCCCCCCC(C)C. The fourth-order valence-electron chi connectivity index (χ4n) is 11.3. The molecule has 0 aromatic heterocycles. The lowest BCUT2D eigenvalue weighted by Gasteiger charge is -2.21. The summed E-state index contributed by atoms with van der Waals surface area (Å²) in [6, 6.07) is 0. The van der Waals surface area contributed by atoms with E-state index in [1.165, 1.54) is 173 Å². The predicted octanol–water partition coefficient (Wildman–Crippen LogP) is 21.7. The highest BCUT2D eigenvalue weighted by Crippen LogP contribution is 2.45. The molecular weight excluding hydrogens is 1230 g/mol. The highest BCUT2D eigenvalue weighted by molar-refractivity contribution is 7.47. The van der Waals surface area contributed by atoms with Gasteiger partial charge in [0.05, 0.1) is 26.4 Å². The number of rotatable bonds is 72. The molecule has 0 amide bonds. The summed E-state index contributed by atoms with van der Waals surface area (Å²) in [4.78, 5) is 72.8. The van der Waals surface area contributed by atoms with Crippen molar-refractivity contribution in [1.82, 2.24) is 0 Å². The van der Waals surface area contributed by atoms with Crippen LogP contribution in [0.1, 0.15) is 376 Å². The molecule has 0 rings (SSSR count). The van der Waals surface area contributed by atoms with Gasteiger partial charge >= 0.3 is 39.5 Å². The summed E-state index contributed by atoms with van der Waals surface area (Å²) in [5.41, 5.74) is 0. The number of phosphoric acid groups is 2. The van der Waals surface area contributed by atoms with E-state index in [0.717, 1.165) is 114 Å². The number of aliphatic hydroxyl groups excluding tert-OH is 1. The minimum absolute atomic E-state index is 0.105. The monoisotopic (exact) mass is 1380 g/mol. The maximum absolute atomic E-state index is 13.1. The molecule has 0 saturated carbocycles. The van der Waals surface area contributed by atoms with Gasteiger partial charge in [-0.25, -0.2) is 9.13 Å². The summed E-state index contributed by atoms with van der Waals surface area (Å²) in [6.07, 6.45) is 48.5. The first-order chi connectivity index (χ1) is 45.2. The summed E-state index contributed by atoms with van der Waals surface area (Å²) in [6.45, 7) is 14.2. The van der Waals surface area contributed by atoms with Gasteiger partial charge in [0, 0.05) is 25.7 Å². The zero-order chi connectivity index (χ0) is 69.6. The number of phosphoric ester groups is 2. The molecule has 5 unspecified atom stereocenters. The second kappa shape index (κ2) is 64.4. The van der Waals surface area contributed by atoms with Crippen LogP contribution in [0.25, 0.3) is 0 Å². The molecule has 0 bridgehead atoms. The number of hydrogen-bond donors (Lipinski definition) is 3. The van der Waals surface area contributed by atoms with E-state index in [9.17, 15) is 43.2 Å². The first-order valence-electron chi connectivity index (χ1n) is 38.8. The Bertz CT molecular complexity index is 1850. The van der Waals surface area contributed by atoms with Crippen LogP contribution < -0.4 is 0 Å². The summed E-state index contributed by atoms with van der Waals surface area (Å²) < 4.78 is 68.5. The molecule has 3 N–H and O–H groups in total. The summed E-state index contributed by atoms with van der Waals surface area (Å²) in [5.74, 6) is 0.974. The molecule has 0 heterocycles. The number of ether oxygens (including phenoxy) is 4. The van der Waals surface area contributed by atoms with Gasteiger partial charge in [-0.05, 0) is 49.4 Å². The Morgan fingerprint density at radius 3 is 0.755 bits per heavy atom. The third-order valence-electron chi connectivity index (χ3n) is 18.0. The average Bonchev–Trinajstić information content (AvgIpc) is 3.06. The summed E-state index contributed by atoms with van der Waals surface area (Å²) >= 11 is 0. The largest absolute Gasteiger partial charge is 0.472 e. The van der Waals surface area contributed by atoms with E-state index in [2.05, 4.69) is 55.4 Å². The van der Waals surface area contributed by atoms with Gasteiger partial charge in [-0.2, -0.15) is 0 Å². The Morgan fingerprint density at radius 2 is 0.511 bits per heavy atom. The maximum atomic E-state index is 13.1. The number of aliphatic hydroxyl groups is 1. The van der Waals surface area contributed by atoms with E-state index >= 15 is 0 Å². The van der Waals surface area contributed by atoms with Crippen molar-refractivity contribution in [3.63, 3.8) is 0 Å². The topological polar surface area (TPSA) is 237 Å². The highest BCUT2D eigenvalue weighted by atomic mass is 31.2. The Hall–Kier alpha value is -1.94. The lowest BCUT2D eigenvalue weighted by atomic mass is 9.99. The van der Waals surface area contributed by atoms with E-state index < -0.39 is 97.5 Å². The van der Waals surface area contributed by atoms with E-state index in [1.807, 2.05) is 0 Å². The van der Waals surface area contributed by atoms with Gasteiger partial charge < -0.3 is 33.8 Å². The van der Waals surface area contributed by atoms with Gasteiger partial charge in [0.2, 0.25) is 0 Å². The van der Waals surface area contributed by atoms with Crippen LogP contribution in [0.2, 0.25) is 0 Å². The lowest BCUT2D eigenvalue weighted by molar-refractivity contribution is -0.161. The van der Waals surface area contributed by atoms with Gasteiger partial charge in [0.25, 0.3) is 0 Å². The quantitative estimate of drug-likeness (QED) is 0.0222. The third kappa shape index (κ3) is 66.0. The van der Waals surface area contributed by atoms with Crippen LogP contribution in [-0.2, 0) is 65.4 Å². The molecule has 558 valence electrons. The van der Waals surface area contributed by atoms with Gasteiger partial charge in [0.15, 0.2) is 12.2 Å². The van der Waals surface area contributed by atoms with Crippen LogP contribution >= 0.6 is 15.6 Å². The van der Waals surface area contributed by atoms with Gasteiger partial charge in [0.1, 0.15) is 19.3 Å². The van der Waals surface area contributed by atoms with Gasteiger partial charge in [-0.3, -0.25) is 37.3 Å². The van der Waals surface area contributed by atoms with Crippen molar-refractivity contribution in [3.8, 4) is 0 Å². The Balaban J connectivity index is 5.24. The van der Waals surface area contributed by atoms with Crippen LogP contribution in [0.15, 0.2) is 0 Å². The smallest absolute Gasteiger partial charge is 0.462 e. The van der Waals surface area contributed by atoms with E-state index in [1.54, 1.807) is 0 Å². The molecule has 0 spiro atoms. The maximum Gasteiger partial charge on any atom is 0.472 e. The first-order valence-corrected chi connectivity index (χ1v) is 41.8. The number of esters is 4. The van der Waals surface area contributed by atoms with Crippen LogP contribution in [0, 0.1) is 23.7 Å². The Kier molecular flexibility index (Phi) is 63.1. The zero-order valence-corrected chi connectivity index (χ0v) is 63.4. The molecule has 0 aliphatic carbocycles. The van der Waals surface area contributed by atoms with Gasteiger partial charge in [-0.15, -0.1) is 0 Å². The predicted molar refractivity (Wildman–Crippen MR) is 381 cm³/mol. The Morgan fingerprint density at radius 1 is 0.298 bits per heavy atom. The molecule has 0 fully saturated rings. The van der Waals surface area contributed by atoms with Crippen molar-refractivity contribution in [3.05, 3.63) is 0 Å². The van der Waals surface area contributed by atoms with Crippen LogP contribution in [-0.4, -0.2) is 96.7 Å². The van der Waals surface area contributed by atoms with Crippen molar-refractivity contribution in [2.75, 3.05) is 39.6 Å². The van der Waals surface area contributed by atoms with Crippen LogP contribution in [0.3, 0.4) is 0 Å². The van der Waals surface area contributed by atoms with Crippen LogP contribution in [0.5, 0.6) is 0 Å². The molecule has 0 aromatic carbocycles. The number of carbonyl (C=O) groups excluding carboxylic acids is 4. The lowest BCUT2D eigenvalue weighted by Crippen LogP contribution is -2.30. The fourth-order valence-corrected chi connectivity index (χ4v) is 12.9. The van der Waals surface area contributed by atoms with Crippen molar-refractivity contribution >= 4 is 39.5 Å². The second-order valence-electron chi connectivity index (χ2n) is 28.5. The second-order valence-corrected chi connectivity index (χ2v) is 31.4. The molecule has 0 saturated heterocycles. The highest BCUT2D eigenvalue weighted by Gasteiger charge is 2.30. The number of unbranched alkanes of at least 4 members (excludes halogenated alkanes) is 36. The fraction of sp³-hybridized carbons (Fsp3) is 0.947. The molecule has 0 radical (unpaired) electrons. The number of hydrogen-bond acceptors (Lipinski definition) is 15.